The molecule has 0 aromatic heterocycles. The van der Waals surface area contributed by atoms with Crippen molar-refractivity contribution in [3.05, 3.63) is 0 Å². The quantitative estimate of drug-likeness (QED) is 0.727. The SMILES string of the molecule is C[Si](C)(C)CN(C[Si](C)(C)C)[SiH2]NC1CCCC1. The van der Waals surface area contributed by atoms with Crippen LogP contribution in [-0.2, 0) is 0 Å². The van der Waals surface area contributed by atoms with Gasteiger partial charge in [-0.2, -0.15) is 0 Å². The average molecular weight is 303 g/mol. The van der Waals surface area contributed by atoms with Crippen LogP contribution < -0.4 is 4.98 Å². The van der Waals surface area contributed by atoms with Crippen LogP contribution in [0.2, 0.25) is 39.3 Å². The summed E-state index contributed by atoms with van der Waals surface area (Å²) in [4.78, 5) is 3.94. The van der Waals surface area contributed by atoms with E-state index in [4.69, 9.17) is 0 Å². The Morgan fingerprint density at radius 3 is 1.78 bits per heavy atom. The van der Waals surface area contributed by atoms with Crippen molar-refractivity contribution in [3.63, 3.8) is 0 Å². The van der Waals surface area contributed by atoms with Crippen molar-refractivity contribution < 1.29 is 0 Å². The van der Waals surface area contributed by atoms with Gasteiger partial charge in [0.15, 0.2) is 9.84 Å². The highest BCUT2D eigenvalue weighted by Crippen LogP contribution is 2.17. The Labute approximate surface area is 119 Å². The molecule has 5 heteroatoms. The minimum Gasteiger partial charge on any atom is -0.328 e. The maximum Gasteiger partial charge on any atom is 0.170 e. The van der Waals surface area contributed by atoms with E-state index in [2.05, 4.69) is 48.8 Å². The number of nitrogens with zero attached hydrogens (tertiary/aromatic N) is 1. The Balaban J connectivity index is 2.43. The molecule has 2 nitrogen and oxygen atoms in total. The molecule has 1 N–H and O–H groups in total. The smallest absolute Gasteiger partial charge is 0.170 e. The molecular formula is C13H34N2Si3. The van der Waals surface area contributed by atoms with Crippen molar-refractivity contribution in [2.24, 2.45) is 0 Å². The molecule has 0 bridgehead atoms. The summed E-state index contributed by atoms with van der Waals surface area (Å²) in [6.07, 6.45) is 8.58. The van der Waals surface area contributed by atoms with Crippen LogP contribution in [0.15, 0.2) is 0 Å². The zero-order valence-corrected chi connectivity index (χ0v) is 16.9. The van der Waals surface area contributed by atoms with Gasteiger partial charge in [-0.25, -0.2) is 0 Å². The monoisotopic (exact) mass is 302 g/mol. The third kappa shape index (κ3) is 7.89. The van der Waals surface area contributed by atoms with Gasteiger partial charge in [0.2, 0.25) is 0 Å². The molecule has 0 saturated heterocycles. The van der Waals surface area contributed by atoms with E-state index in [1.54, 1.807) is 0 Å². The van der Waals surface area contributed by atoms with Crippen molar-refractivity contribution in [1.29, 1.82) is 0 Å². The van der Waals surface area contributed by atoms with Crippen molar-refractivity contribution in [2.75, 3.05) is 12.3 Å². The first-order chi connectivity index (χ1) is 8.16. The lowest BCUT2D eigenvalue weighted by molar-refractivity contribution is 0.537. The summed E-state index contributed by atoms with van der Waals surface area (Å²) in [5, 5.41) is 0. The molecule has 0 radical (unpaired) electrons. The normalized spacial score (nSPS) is 19.5. The topological polar surface area (TPSA) is 15.3 Å². The first-order valence-electron chi connectivity index (χ1n) is 7.61. The summed E-state index contributed by atoms with van der Waals surface area (Å²) in [6, 6.07) is 0.863. The molecule has 1 saturated carbocycles. The lowest BCUT2D eigenvalue weighted by Crippen LogP contribution is -2.53. The minimum atomic E-state index is -0.954. The summed E-state index contributed by atoms with van der Waals surface area (Å²) in [7, 11) is -2.12. The molecule has 1 rings (SSSR count). The summed E-state index contributed by atoms with van der Waals surface area (Å²) < 4.78 is 2.86. The number of hydrogen-bond acceptors (Lipinski definition) is 2. The van der Waals surface area contributed by atoms with Crippen molar-refractivity contribution >= 4 is 26.0 Å². The lowest BCUT2D eigenvalue weighted by Gasteiger charge is -2.34. The third-order valence-electron chi connectivity index (χ3n) is 3.35. The van der Waals surface area contributed by atoms with Crippen LogP contribution in [0.3, 0.4) is 0 Å². The Bertz CT molecular complexity index is 224. The third-order valence-corrected chi connectivity index (χ3v) is 8.70. The predicted octanol–water partition coefficient (Wildman–Crippen LogP) is 2.57. The molecule has 108 valence electrons. The summed E-state index contributed by atoms with van der Waals surface area (Å²) in [6.45, 7) is 15.0. The van der Waals surface area contributed by atoms with Crippen molar-refractivity contribution in [2.45, 2.75) is 71.0 Å². The zero-order chi connectivity index (χ0) is 13.8. The first-order valence-corrected chi connectivity index (χ1v) is 16.4. The van der Waals surface area contributed by atoms with E-state index >= 15 is 0 Å². The highest BCUT2D eigenvalue weighted by Gasteiger charge is 2.24. The second-order valence-corrected chi connectivity index (χ2v) is 20.9. The molecule has 0 aromatic carbocycles. The molecule has 0 heterocycles. The summed E-state index contributed by atoms with van der Waals surface area (Å²) in [5.41, 5.74) is 0. The highest BCUT2D eigenvalue weighted by molar-refractivity contribution is 6.78. The van der Waals surface area contributed by atoms with Crippen LogP contribution in [0.5, 0.6) is 0 Å². The van der Waals surface area contributed by atoms with E-state index in [-0.39, 0.29) is 9.84 Å². The largest absolute Gasteiger partial charge is 0.328 e. The van der Waals surface area contributed by atoms with Gasteiger partial charge in [0.25, 0.3) is 0 Å². The Morgan fingerprint density at radius 1 is 0.944 bits per heavy atom. The predicted molar refractivity (Wildman–Crippen MR) is 92.2 cm³/mol. The van der Waals surface area contributed by atoms with E-state index in [1.165, 1.54) is 38.0 Å². The van der Waals surface area contributed by atoms with Gasteiger partial charge in [-0.1, -0.05) is 52.1 Å². The number of hydrogen-bond donors (Lipinski definition) is 1. The van der Waals surface area contributed by atoms with Gasteiger partial charge in [0, 0.05) is 6.04 Å². The lowest BCUT2D eigenvalue weighted by atomic mass is 10.3. The molecule has 0 aliphatic heterocycles. The van der Waals surface area contributed by atoms with Crippen molar-refractivity contribution in [1.82, 2.24) is 9.55 Å². The zero-order valence-electron chi connectivity index (χ0n) is 13.5. The molecule has 18 heavy (non-hydrogen) atoms. The van der Waals surface area contributed by atoms with E-state index in [1.807, 2.05) is 0 Å². The van der Waals surface area contributed by atoms with E-state index in [0.29, 0.717) is 0 Å². The fraction of sp³-hybridized carbons (Fsp3) is 1.00. The summed E-state index contributed by atoms with van der Waals surface area (Å²) in [5.74, 6) is 0. The molecule has 0 amide bonds. The van der Waals surface area contributed by atoms with Gasteiger partial charge >= 0.3 is 0 Å². The van der Waals surface area contributed by atoms with E-state index in [0.717, 1.165) is 6.04 Å². The Kier molecular flexibility index (Phi) is 6.31. The van der Waals surface area contributed by atoms with Gasteiger partial charge in [-0.05, 0) is 25.2 Å². The van der Waals surface area contributed by atoms with Crippen LogP contribution >= 0.6 is 0 Å². The van der Waals surface area contributed by atoms with Crippen LogP contribution in [-0.4, -0.2) is 48.9 Å². The van der Waals surface area contributed by atoms with Gasteiger partial charge in [-0.3, -0.25) is 0 Å². The average Bonchev–Trinajstić information content (AvgIpc) is 2.61. The molecule has 0 atom stereocenters. The van der Waals surface area contributed by atoms with Gasteiger partial charge in [0.1, 0.15) is 0 Å². The van der Waals surface area contributed by atoms with Crippen molar-refractivity contribution in [3.8, 4) is 0 Å². The first kappa shape index (κ1) is 16.6. The molecule has 0 aromatic rings. The van der Waals surface area contributed by atoms with Crippen LogP contribution in [0, 0.1) is 0 Å². The summed E-state index contributed by atoms with van der Waals surface area (Å²) >= 11 is 0. The standard InChI is InChI=1S/C13H34N2Si3/c1-17(2,3)11-15(12-18(4,5)6)16-14-13-9-7-8-10-13/h13-14H,7-12,16H2,1-6H3. The number of rotatable bonds is 7. The van der Waals surface area contributed by atoms with E-state index in [9.17, 15) is 0 Å². The van der Waals surface area contributed by atoms with Crippen LogP contribution in [0.4, 0.5) is 0 Å². The second-order valence-electron chi connectivity index (χ2n) is 8.45. The molecule has 1 fully saturated rings. The van der Waals surface area contributed by atoms with E-state index < -0.39 is 16.1 Å². The Hall–Kier alpha value is 0.571. The van der Waals surface area contributed by atoms with Crippen LogP contribution in [0.1, 0.15) is 25.7 Å². The molecular weight excluding hydrogens is 268 g/mol. The molecule has 0 spiro atoms. The van der Waals surface area contributed by atoms with Gasteiger partial charge in [0.05, 0.1) is 16.1 Å². The maximum absolute atomic E-state index is 3.94. The van der Waals surface area contributed by atoms with Crippen LogP contribution in [0.25, 0.3) is 0 Å². The van der Waals surface area contributed by atoms with Gasteiger partial charge < -0.3 is 9.55 Å². The highest BCUT2D eigenvalue weighted by atomic mass is 28.3. The minimum absolute atomic E-state index is 0.211. The molecule has 0 unspecified atom stereocenters. The fourth-order valence-electron chi connectivity index (χ4n) is 2.90. The second kappa shape index (κ2) is 6.83. The number of nitrogens with one attached hydrogen (secondary N) is 1. The fourth-order valence-corrected chi connectivity index (χ4v) is 11.9. The van der Waals surface area contributed by atoms with Gasteiger partial charge in [-0.15, -0.1) is 0 Å². The molecule has 1 aliphatic rings. The molecule has 1 aliphatic carbocycles. The maximum atomic E-state index is 3.94. The Morgan fingerprint density at radius 2 is 1.39 bits per heavy atom.